The average Bonchev–Trinajstić information content (AvgIpc) is 3.31. The lowest BCUT2D eigenvalue weighted by molar-refractivity contribution is 0.0746. The molecule has 0 bridgehead atoms. The number of piperazine rings is 1. The molecule has 1 aliphatic heterocycles. The van der Waals surface area contributed by atoms with Gasteiger partial charge in [0.05, 0.1) is 21.7 Å². The van der Waals surface area contributed by atoms with E-state index in [1.165, 1.54) is 16.4 Å². The summed E-state index contributed by atoms with van der Waals surface area (Å²) in [5.74, 6) is 0.466. The number of nitrogens with zero attached hydrogens (tertiary/aromatic N) is 4. The lowest BCUT2D eigenvalue weighted by Gasteiger charge is -2.34. The van der Waals surface area contributed by atoms with Gasteiger partial charge in [-0.3, -0.25) is 4.79 Å². The van der Waals surface area contributed by atoms with Crippen LogP contribution < -0.4 is 9.64 Å². The van der Waals surface area contributed by atoms with Crippen molar-refractivity contribution in [2.75, 3.05) is 51.8 Å². The Morgan fingerprint density at radius 1 is 1.14 bits per heavy atom. The molecule has 1 saturated heterocycles. The summed E-state index contributed by atoms with van der Waals surface area (Å²) >= 11 is 7.80. The van der Waals surface area contributed by atoms with Gasteiger partial charge in [0.1, 0.15) is 5.52 Å². The Bertz CT molecular complexity index is 1300. The molecular formula is C24H29ClN4O4S2. The summed E-state index contributed by atoms with van der Waals surface area (Å²) in [6.07, 6.45) is 1.72. The summed E-state index contributed by atoms with van der Waals surface area (Å²) in [6, 6.07) is 9.97. The Labute approximate surface area is 215 Å². The Hall–Kier alpha value is -2.40. The van der Waals surface area contributed by atoms with E-state index in [1.54, 1.807) is 48.6 Å². The molecule has 11 heteroatoms. The van der Waals surface area contributed by atoms with Crippen molar-refractivity contribution in [2.45, 2.75) is 24.7 Å². The Morgan fingerprint density at radius 2 is 1.83 bits per heavy atom. The number of benzene rings is 2. The summed E-state index contributed by atoms with van der Waals surface area (Å²) < 4.78 is 33.2. The maximum absolute atomic E-state index is 13.0. The van der Waals surface area contributed by atoms with Gasteiger partial charge in [0.2, 0.25) is 10.0 Å². The molecule has 0 unspecified atom stereocenters. The molecule has 1 aromatic heterocycles. The minimum absolute atomic E-state index is 0.106. The van der Waals surface area contributed by atoms with E-state index >= 15 is 0 Å². The monoisotopic (exact) mass is 536 g/mol. The molecule has 0 radical (unpaired) electrons. The number of halogens is 1. The predicted octanol–water partition coefficient (Wildman–Crippen LogP) is 4.34. The van der Waals surface area contributed by atoms with Crippen LogP contribution in [0.5, 0.6) is 5.75 Å². The van der Waals surface area contributed by atoms with Gasteiger partial charge in [0.25, 0.3) is 5.91 Å². The molecule has 1 aliphatic rings. The van der Waals surface area contributed by atoms with Crippen LogP contribution >= 0.6 is 22.9 Å². The molecule has 2 heterocycles. The van der Waals surface area contributed by atoms with Crippen molar-refractivity contribution in [1.82, 2.24) is 14.2 Å². The number of carbonyl (C=O) groups is 1. The van der Waals surface area contributed by atoms with Crippen LogP contribution in [0.25, 0.3) is 10.2 Å². The first-order valence-corrected chi connectivity index (χ1v) is 14.1. The third-order valence-corrected chi connectivity index (χ3v) is 9.38. The SMILES string of the molecule is CCCCN(C)S(=O)(=O)c1ccc(C(=O)N2CCN(c3nc4c(OC)c(Cl)ccc4s3)CC2)cc1. The highest BCUT2D eigenvalue weighted by Crippen LogP contribution is 2.38. The average molecular weight is 537 g/mol. The van der Waals surface area contributed by atoms with Gasteiger partial charge in [0, 0.05) is 45.3 Å². The van der Waals surface area contributed by atoms with E-state index in [-0.39, 0.29) is 10.8 Å². The number of fused-ring (bicyclic) bond motifs is 1. The normalized spacial score (nSPS) is 14.7. The number of amides is 1. The molecule has 0 spiro atoms. The Kier molecular flexibility index (Phi) is 7.85. The highest BCUT2D eigenvalue weighted by Gasteiger charge is 2.26. The summed E-state index contributed by atoms with van der Waals surface area (Å²) in [5, 5.41) is 1.40. The first-order chi connectivity index (χ1) is 16.8. The van der Waals surface area contributed by atoms with Crippen LogP contribution in [0.4, 0.5) is 5.13 Å². The van der Waals surface area contributed by atoms with Crippen molar-refractivity contribution >= 4 is 54.2 Å². The van der Waals surface area contributed by atoms with Gasteiger partial charge >= 0.3 is 0 Å². The molecule has 1 fully saturated rings. The van der Waals surface area contributed by atoms with Gasteiger partial charge < -0.3 is 14.5 Å². The largest absolute Gasteiger partial charge is 0.493 e. The van der Waals surface area contributed by atoms with Crippen molar-refractivity contribution < 1.29 is 17.9 Å². The number of aromatic nitrogens is 1. The van der Waals surface area contributed by atoms with Crippen molar-refractivity contribution in [3.63, 3.8) is 0 Å². The molecule has 0 N–H and O–H groups in total. The van der Waals surface area contributed by atoms with Crippen molar-refractivity contribution in [1.29, 1.82) is 0 Å². The van der Waals surface area contributed by atoms with Gasteiger partial charge in [-0.25, -0.2) is 17.7 Å². The van der Waals surface area contributed by atoms with Crippen LogP contribution in [0, 0.1) is 0 Å². The second-order valence-electron chi connectivity index (χ2n) is 8.41. The molecule has 4 rings (SSSR count). The van der Waals surface area contributed by atoms with E-state index in [2.05, 4.69) is 4.90 Å². The number of carbonyl (C=O) groups excluding carboxylic acids is 1. The number of anilines is 1. The minimum atomic E-state index is -3.56. The first kappa shape index (κ1) is 25.7. The molecule has 188 valence electrons. The number of methoxy groups -OCH3 is 1. The minimum Gasteiger partial charge on any atom is -0.493 e. The second-order valence-corrected chi connectivity index (χ2v) is 11.9. The topological polar surface area (TPSA) is 83.1 Å². The number of hydrogen-bond donors (Lipinski definition) is 0. The number of hydrogen-bond acceptors (Lipinski definition) is 7. The predicted molar refractivity (Wildman–Crippen MR) is 140 cm³/mol. The molecule has 2 aromatic carbocycles. The Morgan fingerprint density at radius 3 is 2.46 bits per heavy atom. The van der Waals surface area contributed by atoms with Gasteiger partial charge in [-0.1, -0.05) is 36.3 Å². The van der Waals surface area contributed by atoms with Crippen LogP contribution in [-0.2, 0) is 10.0 Å². The Balaban J connectivity index is 1.41. The van der Waals surface area contributed by atoms with Gasteiger partial charge in [-0.15, -0.1) is 0 Å². The third kappa shape index (κ3) is 5.25. The fourth-order valence-corrected chi connectivity index (χ4v) is 6.45. The zero-order chi connectivity index (χ0) is 25.2. The first-order valence-electron chi connectivity index (χ1n) is 11.5. The zero-order valence-corrected chi connectivity index (χ0v) is 22.4. The second kappa shape index (κ2) is 10.7. The van der Waals surface area contributed by atoms with Crippen LogP contribution in [0.2, 0.25) is 5.02 Å². The van der Waals surface area contributed by atoms with Crippen molar-refractivity contribution in [3.8, 4) is 5.75 Å². The van der Waals surface area contributed by atoms with Crippen LogP contribution in [0.3, 0.4) is 0 Å². The van der Waals surface area contributed by atoms with E-state index in [0.29, 0.717) is 49.1 Å². The molecule has 0 aliphatic carbocycles. The molecule has 1 amide bonds. The molecule has 35 heavy (non-hydrogen) atoms. The van der Waals surface area contributed by atoms with E-state index in [9.17, 15) is 13.2 Å². The standard InChI is InChI=1S/C24H29ClN4O4S2/c1-4-5-12-27(2)35(31,32)18-8-6-17(7-9-18)23(30)28-13-15-29(16-14-28)24-26-21-20(34-24)11-10-19(25)22(21)33-3/h6-11H,4-5,12-16H2,1-3H3. The van der Waals surface area contributed by atoms with Crippen molar-refractivity contribution in [3.05, 3.63) is 47.0 Å². The number of sulfonamides is 1. The lowest BCUT2D eigenvalue weighted by atomic mass is 10.2. The van der Waals surface area contributed by atoms with E-state index < -0.39 is 10.0 Å². The number of rotatable bonds is 8. The third-order valence-electron chi connectivity index (χ3n) is 6.13. The summed E-state index contributed by atoms with van der Waals surface area (Å²) in [7, 11) is -0.394. The van der Waals surface area contributed by atoms with Crippen molar-refractivity contribution in [2.24, 2.45) is 0 Å². The summed E-state index contributed by atoms with van der Waals surface area (Å²) in [5.41, 5.74) is 1.22. The smallest absolute Gasteiger partial charge is 0.253 e. The fraction of sp³-hybridized carbons (Fsp3) is 0.417. The zero-order valence-electron chi connectivity index (χ0n) is 20.0. The van der Waals surface area contributed by atoms with Crippen LogP contribution in [0.15, 0.2) is 41.3 Å². The number of thiazole rings is 1. The highest BCUT2D eigenvalue weighted by molar-refractivity contribution is 7.89. The van der Waals surface area contributed by atoms with Gasteiger partial charge in [-0.2, -0.15) is 0 Å². The molecular weight excluding hydrogens is 508 g/mol. The highest BCUT2D eigenvalue weighted by atomic mass is 35.5. The molecule has 3 aromatic rings. The fourth-order valence-electron chi connectivity index (χ4n) is 4.00. The maximum atomic E-state index is 13.0. The van der Waals surface area contributed by atoms with Gasteiger partial charge in [-0.05, 0) is 42.8 Å². The quantitative estimate of drug-likeness (QED) is 0.426. The molecule has 0 atom stereocenters. The van der Waals surface area contributed by atoms with Crippen LogP contribution in [0.1, 0.15) is 30.1 Å². The van der Waals surface area contributed by atoms with E-state index in [1.807, 2.05) is 13.0 Å². The summed E-state index contributed by atoms with van der Waals surface area (Å²) in [6.45, 7) is 4.89. The number of unbranched alkanes of at least 4 members (excludes halogenated alkanes) is 1. The summed E-state index contributed by atoms with van der Waals surface area (Å²) in [4.78, 5) is 21.9. The number of ether oxygens (including phenoxy) is 1. The van der Waals surface area contributed by atoms with E-state index in [4.69, 9.17) is 21.3 Å². The molecule has 0 saturated carbocycles. The maximum Gasteiger partial charge on any atom is 0.253 e. The van der Waals surface area contributed by atoms with Gasteiger partial charge in [0.15, 0.2) is 10.9 Å². The van der Waals surface area contributed by atoms with Crippen LogP contribution in [-0.4, -0.2) is 75.4 Å². The van der Waals surface area contributed by atoms with E-state index in [0.717, 1.165) is 28.2 Å². The molecule has 8 nitrogen and oxygen atoms in total. The lowest BCUT2D eigenvalue weighted by Crippen LogP contribution is -2.48.